The van der Waals surface area contributed by atoms with E-state index < -0.39 is 27.5 Å². The molecule has 1 heterocycles. The molecule has 0 aromatic heterocycles. The molecule has 8 heteroatoms. The van der Waals surface area contributed by atoms with Crippen LogP contribution in [0.5, 0.6) is 5.75 Å². The van der Waals surface area contributed by atoms with Crippen molar-refractivity contribution in [3.05, 3.63) is 105 Å². The highest BCUT2D eigenvalue weighted by molar-refractivity contribution is 7.95. The number of rotatable bonds is 6. The molecular formula is C25H22ClNO5S. The highest BCUT2D eigenvalue weighted by atomic mass is 35.5. The van der Waals surface area contributed by atoms with Gasteiger partial charge in [0.1, 0.15) is 10.7 Å². The van der Waals surface area contributed by atoms with E-state index in [0.717, 1.165) is 11.1 Å². The van der Waals surface area contributed by atoms with Crippen LogP contribution in [0.15, 0.2) is 88.4 Å². The van der Waals surface area contributed by atoms with Crippen LogP contribution in [0.25, 0.3) is 0 Å². The summed E-state index contributed by atoms with van der Waals surface area (Å²) in [6.07, 6.45) is 0. The number of nitrogens with zero attached hydrogens (tertiary/aromatic N) is 1. The number of sulfone groups is 1. The summed E-state index contributed by atoms with van der Waals surface area (Å²) < 4.78 is 32.5. The molecule has 1 aliphatic rings. The van der Waals surface area contributed by atoms with Crippen LogP contribution in [0.2, 0.25) is 5.02 Å². The van der Waals surface area contributed by atoms with Gasteiger partial charge in [-0.2, -0.15) is 0 Å². The zero-order chi connectivity index (χ0) is 23.8. The number of halogens is 1. The number of carbonyl (C=O) groups excluding carboxylic acids is 1. The summed E-state index contributed by atoms with van der Waals surface area (Å²) in [5.41, 5.74) is 2.14. The molecule has 1 N–H and O–H groups in total. The summed E-state index contributed by atoms with van der Waals surface area (Å²) in [6, 6.07) is 18.9. The fraction of sp³-hybridized carbons (Fsp3) is 0.160. The van der Waals surface area contributed by atoms with E-state index in [1.807, 2.05) is 6.92 Å². The maximum absolute atomic E-state index is 13.6. The summed E-state index contributed by atoms with van der Waals surface area (Å²) in [7, 11) is -2.64. The molecule has 0 spiro atoms. The second kappa shape index (κ2) is 8.92. The van der Waals surface area contributed by atoms with Crippen LogP contribution in [0.4, 0.5) is 0 Å². The molecule has 4 rings (SSSR count). The summed E-state index contributed by atoms with van der Waals surface area (Å²) in [6.45, 7) is 1.92. The van der Waals surface area contributed by atoms with Gasteiger partial charge in [-0.1, -0.05) is 53.6 Å². The third kappa shape index (κ3) is 4.34. The number of aryl methyl sites for hydroxylation is 1. The maximum Gasteiger partial charge on any atom is 0.290 e. The second-order valence-electron chi connectivity index (χ2n) is 7.77. The van der Waals surface area contributed by atoms with Gasteiger partial charge in [0.25, 0.3) is 5.91 Å². The van der Waals surface area contributed by atoms with Crippen molar-refractivity contribution in [1.82, 2.24) is 4.90 Å². The first-order valence-corrected chi connectivity index (χ1v) is 12.0. The van der Waals surface area contributed by atoms with Gasteiger partial charge in [-0.15, -0.1) is 0 Å². The molecule has 0 radical (unpaired) electrons. The van der Waals surface area contributed by atoms with Crippen LogP contribution in [0.3, 0.4) is 0 Å². The van der Waals surface area contributed by atoms with E-state index in [1.165, 1.54) is 24.1 Å². The molecule has 6 nitrogen and oxygen atoms in total. The predicted octanol–water partition coefficient (Wildman–Crippen LogP) is 4.98. The standard InChI is InChI=1S/C25H22ClNO5S/c1-16-6-12-21(13-7-16)33(30,31)24-22(18-8-10-19(26)11-9-18)27(25(29)23(24)28)15-17-4-3-5-20(14-17)32-2/h3-14,22,28H,15H2,1-2H3/t22-/m0/s1. The molecule has 0 saturated carbocycles. The average molecular weight is 484 g/mol. The molecule has 0 bridgehead atoms. The number of aliphatic hydroxyl groups excluding tert-OH is 1. The monoisotopic (exact) mass is 483 g/mol. The topological polar surface area (TPSA) is 83.9 Å². The molecule has 0 unspecified atom stereocenters. The zero-order valence-corrected chi connectivity index (χ0v) is 19.6. The molecule has 33 heavy (non-hydrogen) atoms. The van der Waals surface area contributed by atoms with Gasteiger partial charge < -0.3 is 14.7 Å². The number of amides is 1. The first-order chi connectivity index (χ1) is 15.7. The van der Waals surface area contributed by atoms with Gasteiger partial charge in [0.05, 0.1) is 18.0 Å². The Kier molecular flexibility index (Phi) is 6.19. The quantitative estimate of drug-likeness (QED) is 0.534. The van der Waals surface area contributed by atoms with Crippen LogP contribution < -0.4 is 4.74 Å². The summed E-state index contributed by atoms with van der Waals surface area (Å²) in [5, 5.41) is 11.3. The highest BCUT2D eigenvalue weighted by Gasteiger charge is 2.46. The second-order valence-corrected chi connectivity index (χ2v) is 10.1. The van der Waals surface area contributed by atoms with E-state index in [4.69, 9.17) is 16.3 Å². The molecule has 1 aliphatic heterocycles. The van der Waals surface area contributed by atoms with E-state index in [9.17, 15) is 18.3 Å². The molecule has 0 aliphatic carbocycles. The number of carbonyl (C=O) groups is 1. The summed E-state index contributed by atoms with van der Waals surface area (Å²) in [5.74, 6) is -0.936. The maximum atomic E-state index is 13.6. The molecule has 0 fully saturated rings. The van der Waals surface area contributed by atoms with Gasteiger partial charge in [0.15, 0.2) is 5.76 Å². The SMILES string of the molecule is COc1cccc(CN2C(=O)C(O)=C(S(=O)(=O)c3ccc(C)cc3)[C@@H]2c2ccc(Cl)cc2)c1. The first kappa shape index (κ1) is 22.9. The fourth-order valence-electron chi connectivity index (χ4n) is 3.86. The van der Waals surface area contributed by atoms with Crippen molar-refractivity contribution in [3.63, 3.8) is 0 Å². The molecule has 1 atom stereocenters. The van der Waals surface area contributed by atoms with Crippen molar-refractivity contribution >= 4 is 27.3 Å². The number of hydrogen-bond acceptors (Lipinski definition) is 5. The average Bonchev–Trinajstić information content (AvgIpc) is 3.05. The van der Waals surface area contributed by atoms with Crippen molar-refractivity contribution in [1.29, 1.82) is 0 Å². The Labute approximate surface area is 197 Å². The van der Waals surface area contributed by atoms with Gasteiger partial charge in [0, 0.05) is 11.6 Å². The number of aliphatic hydroxyl groups is 1. The smallest absolute Gasteiger partial charge is 0.290 e. The van der Waals surface area contributed by atoms with E-state index in [-0.39, 0.29) is 16.3 Å². The van der Waals surface area contributed by atoms with E-state index >= 15 is 0 Å². The molecule has 1 amide bonds. The largest absolute Gasteiger partial charge is 0.502 e. The number of hydrogen-bond donors (Lipinski definition) is 1. The van der Waals surface area contributed by atoms with Crippen molar-refractivity contribution in [2.75, 3.05) is 7.11 Å². The number of methoxy groups -OCH3 is 1. The van der Waals surface area contributed by atoms with Crippen molar-refractivity contribution in [2.24, 2.45) is 0 Å². The fourth-order valence-corrected chi connectivity index (χ4v) is 5.63. The van der Waals surface area contributed by atoms with Crippen molar-refractivity contribution in [3.8, 4) is 5.75 Å². The molecule has 3 aromatic rings. The summed E-state index contributed by atoms with van der Waals surface area (Å²) >= 11 is 6.04. The minimum atomic E-state index is -4.17. The van der Waals surface area contributed by atoms with Crippen molar-refractivity contribution < 1.29 is 23.1 Å². The van der Waals surface area contributed by atoms with Crippen LogP contribution >= 0.6 is 11.6 Å². The number of ether oxygens (including phenoxy) is 1. The lowest BCUT2D eigenvalue weighted by Gasteiger charge is -2.27. The van der Waals surface area contributed by atoms with Crippen LogP contribution in [-0.4, -0.2) is 31.4 Å². The minimum absolute atomic E-state index is 0.00430. The van der Waals surface area contributed by atoms with Gasteiger partial charge in [-0.25, -0.2) is 8.42 Å². The first-order valence-electron chi connectivity index (χ1n) is 10.2. The lowest BCUT2D eigenvalue weighted by atomic mass is 10.1. The Morgan fingerprint density at radius 1 is 1.03 bits per heavy atom. The lowest BCUT2D eigenvalue weighted by molar-refractivity contribution is -0.130. The van der Waals surface area contributed by atoms with Crippen LogP contribution in [0.1, 0.15) is 22.7 Å². The van der Waals surface area contributed by atoms with Crippen LogP contribution in [-0.2, 0) is 21.2 Å². The van der Waals surface area contributed by atoms with Crippen LogP contribution in [0, 0.1) is 6.92 Å². The third-order valence-electron chi connectivity index (χ3n) is 5.55. The Morgan fingerprint density at radius 3 is 2.33 bits per heavy atom. The zero-order valence-electron chi connectivity index (χ0n) is 18.0. The van der Waals surface area contributed by atoms with Gasteiger partial charge in [0.2, 0.25) is 9.84 Å². The van der Waals surface area contributed by atoms with E-state index in [0.29, 0.717) is 16.3 Å². The van der Waals surface area contributed by atoms with Gasteiger partial charge in [-0.05, 0) is 54.4 Å². The molecule has 0 saturated heterocycles. The lowest BCUT2D eigenvalue weighted by Crippen LogP contribution is -2.30. The normalized spacial score (nSPS) is 16.4. The molecular weight excluding hydrogens is 462 g/mol. The number of benzene rings is 3. The Balaban J connectivity index is 1.84. The predicted molar refractivity (Wildman–Crippen MR) is 126 cm³/mol. The van der Waals surface area contributed by atoms with Gasteiger partial charge in [-0.3, -0.25) is 4.79 Å². The van der Waals surface area contributed by atoms with E-state index in [1.54, 1.807) is 60.7 Å². The van der Waals surface area contributed by atoms with E-state index in [2.05, 4.69) is 0 Å². The van der Waals surface area contributed by atoms with Crippen molar-refractivity contribution in [2.45, 2.75) is 24.4 Å². The van der Waals surface area contributed by atoms with Gasteiger partial charge >= 0.3 is 0 Å². The molecule has 170 valence electrons. The molecule has 3 aromatic carbocycles. The Morgan fingerprint density at radius 2 is 1.70 bits per heavy atom. The Bertz CT molecular complexity index is 1330. The summed E-state index contributed by atoms with van der Waals surface area (Å²) in [4.78, 5) is 14.2. The minimum Gasteiger partial charge on any atom is -0.502 e. The highest BCUT2D eigenvalue weighted by Crippen LogP contribution is 2.43. The third-order valence-corrected chi connectivity index (χ3v) is 7.69. The Hall–Kier alpha value is -3.29.